The van der Waals surface area contributed by atoms with Crippen LogP contribution in [0.25, 0.3) is 44.3 Å². The van der Waals surface area contributed by atoms with Gasteiger partial charge in [-0.1, -0.05) is 72.8 Å². The Morgan fingerprint density at radius 3 is 1.89 bits per heavy atom. The molecule has 3 aromatic carbocycles. The summed E-state index contributed by atoms with van der Waals surface area (Å²) in [5, 5.41) is 3.44. The molecule has 1 aliphatic rings. The molecule has 0 saturated carbocycles. The first kappa shape index (κ1) is 22.0. The summed E-state index contributed by atoms with van der Waals surface area (Å²) in [4.78, 5) is 10.0. The molecule has 0 bridgehead atoms. The summed E-state index contributed by atoms with van der Waals surface area (Å²) in [6, 6.07) is 31.1. The molecule has 4 nitrogen and oxygen atoms in total. The molecular formula is C30H27BN2O2. The third-order valence-electron chi connectivity index (χ3n) is 7.33. The fourth-order valence-electron chi connectivity index (χ4n) is 4.62. The molecule has 0 aliphatic carbocycles. The molecule has 6 rings (SSSR count). The molecule has 1 saturated heterocycles. The van der Waals surface area contributed by atoms with E-state index in [0.29, 0.717) is 0 Å². The zero-order chi connectivity index (χ0) is 24.2. The Bertz CT molecular complexity index is 1540. The molecule has 172 valence electrons. The smallest absolute Gasteiger partial charge is 0.399 e. The van der Waals surface area contributed by atoms with E-state index in [1.54, 1.807) is 0 Å². The van der Waals surface area contributed by atoms with Gasteiger partial charge in [0.15, 0.2) is 0 Å². The highest BCUT2D eigenvalue weighted by Gasteiger charge is 2.51. The summed E-state index contributed by atoms with van der Waals surface area (Å²) in [6.45, 7) is 8.28. The van der Waals surface area contributed by atoms with Gasteiger partial charge in [0.25, 0.3) is 0 Å². The van der Waals surface area contributed by atoms with Crippen molar-refractivity contribution in [3.8, 4) is 22.6 Å². The van der Waals surface area contributed by atoms with Gasteiger partial charge in [-0.2, -0.15) is 0 Å². The monoisotopic (exact) mass is 458 g/mol. The minimum absolute atomic E-state index is 0.359. The lowest BCUT2D eigenvalue weighted by Crippen LogP contribution is -2.41. The quantitative estimate of drug-likeness (QED) is 0.231. The number of rotatable bonds is 3. The van der Waals surface area contributed by atoms with E-state index in [9.17, 15) is 0 Å². The number of pyridine rings is 2. The van der Waals surface area contributed by atoms with Crippen LogP contribution in [0.4, 0.5) is 0 Å². The van der Waals surface area contributed by atoms with Crippen molar-refractivity contribution in [3.05, 3.63) is 91.0 Å². The Kier molecular flexibility index (Phi) is 5.03. The predicted molar refractivity (Wildman–Crippen MR) is 144 cm³/mol. The molecular weight excluding hydrogens is 431 g/mol. The first-order valence-electron chi connectivity index (χ1n) is 12.0. The van der Waals surface area contributed by atoms with Crippen molar-refractivity contribution in [2.75, 3.05) is 0 Å². The van der Waals surface area contributed by atoms with Crippen LogP contribution in [0.15, 0.2) is 91.0 Å². The van der Waals surface area contributed by atoms with Crippen LogP contribution in [0, 0.1) is 0 Å². The standard InChI is InChI=1S/C30H27BN2O2/c1-29(2)30(3,4)35-31(34-29)21-18-16-20(17-19-21)25-14-9-15-27(32-25)28-24-12-6-5-10-22(24)23-11-7-8-13-26(23)33-28/h5-19H,1-4H3. The van der Waals surface area contributed by atoms with Crippen LogP contribution in [-0.2, 0) is 9.31 Å². The van der Waals surface area contributed by atoms with Crippen molar-refractivity contribution >= 4 is 34.3 Å². The van der Waals surface area contributed by atoms with Gasteiger partial charge in [0.2, 0.25) is 0 Å². The lowest BCUT2D eigenvalue weighted by molar-refractivity contribution is 0.00578. The van der Waals surface area contributed by atoms with Gasteiger partial charge in [0.05, 0.1) is 33.8 Å². The molecule has 0 amide bonds. The molecule has 3 heterocycles. The third kappa shape index (κ3) is 3.72. The first-order chi connectivity index (χ1) is 16.8. The van der Waals surface area contributed by atoms with Gasteiger partial charge in [-0.25, -0.2) is 9.97 Å². The number of para-hydroxylation sites is 1. The van der Waals surface area contributed by atoms with Crippen molar-refractivity contribution in [1.29, 1.82) is 0 Å². The molecule has 1 fully saturated rings. The van der Waals surface area contributed by atoms with Crippen LogP contribution < -0.4 is 5.46 Å². The third-order valence-corrected chi connectivity index (χ3v) is 7.33. The van der Waals surface area contributed by atoms with Gasteiger partial charge in [0.1, 0.15) is 0 Å². The van der Waals surface area contributed by atoms with Gasteiger partial charge in [0, 0.05) is 16.3 Å². The van der Waals surface area contributed by atoms with E-state index in [1.165, 1.54) is 5.39 Å². The maximum absolute atomic E-state index is 6.20. The molecule has 2 aromatic heterocycles. The second-order valence-electron chi connectivity index (χ2n) is 10.1. The van der Waals surface area contributed by atoms with E-state index < -0.39 is 0 Å². The maximum Gasteiger partial charge on any atom is 0.494 e. The maximum atomic E-state index is 6.20. The van der Waals surface area contributed by atoms with Crippen molar-refractivity contribution in [1.82, 2.24) is 9.97 Å². The van der Waals surface area contributed by atoms with Crippen molar-refractivity contribution in [2.45, 2.75) is 38.9 Å². The highest BCUT2D eigenvalue weighted by atomic mass is 16.7. The summed E-state index contributed by atoms with van der Waals surface area (Å²) in [6.07, 6.45) is 0. The van der Waals surface area contributed by atoms with E-state index >= 15 is 0 Å². The number of fused-ring (bicyclic) bond motifs is 3. The van der Waals surface area contributed by atoms with E-state index in [-0.39, 0.29) is 18.3 Å². The van der Waals surface area contributed by atoms with E-state index in [4.69, 9.17) is 19.3 Å². The zero-order valence-electron chi connectivity index (χ0n) is 20.4. The van der Waals surface area contributed by atoms with Crippen LogP contribution in [-0.4, -0.2) is 28.3 Å². The highest BCUT2D eigenvalue weighted by Crippen LogP contribution is 2.37. The summed E-state index contributed by atoms with van der Waals surface area (Å²) in [5.74, 6) is 0. The van der Waals surface area contributed by atoms with Crippen molar-refractivity contribution in [3.63, 3.8) is 0 Å². The average Bonchev–Trinajstić information content (AvgIpc) is 3.10. The topological polar surface area (TPSA) is 44.2 Å². The van der Waals surface area contributed by atoms with E-state index in [1.807, 2.05) is 24.3 Å². The van der Waals surface area contributed by atoms with Crippen molar-refractivity contribution in [2.24, 2.45) is 0 Å². The molecule has 1 aliphatic heterocycles. The molecule has 0 radical (unpaired) electrons. The fraction of sp³-hybridized carbons (Fsp3) is 0.200. The van der Waals surface area contributed by atoms with Gasteiger partial charge in [-0.15, -0.1) is 0 Å². The average molecular weight is 458 g/mol. The lowest BCUT2D eigenvalue weighted by Gasteiger charge is -2.32. The van der Waals surface area contributed by atoms with Crippen molar-refractivity contribution < 1.29 is 9.31 Å². The minimum Gasteiger partial charge on any atom is -0.399 e. The van der Waals surface area contributed by atoms with Crippen LogP contribution in [0.5, 0.6) is 0 Å². The van der Waals surface area contributed by atoms with Gasteiger partial charge in [-0.3, -0.25) is 0 Å². The number of nitrogens with zero attached hydrogens (tertiary/aromatic N) is 2. The predicted octanol–water partition coefficient (Wildman–Crippen LogP) is 6.42. The van der Waals surface area contributed by atoms with Crippen LogP contribution in [0.1, 0.15) is 27.7 Å². The Hall–Kier alpha value is -3.54. The second-order valence-corrected chi connectivity index (χ2v) is 10.1. The molecule has 5 aromatic rings. The second kappa shape index (κ2) is 8.01. The van der Waals surface area contributed by atoms with Crippen LogP contribution in [0.2, 0.25) is 0 Å². The molecule has 0 N–H and O–H groups in total. The Labute approximate surface area is 206 Å². The van der Waals surface area contributed by atoms with E-state index in [0.717, 1.165) is 44.4 Å². The molecule has 0 spiro atoms. The minimum atomic E-state index is -0.374. The van der Waals surface area contributed by atoms with Gasteiger partial charge in [-0.05, 0) is 56.7 Å². The highest BCUT2D eigenvalue weighted by molar-refractivity contribution is 6.62. The number of benzene rings is 3. The zero-order valence-corrected chi connectivity index (χ0v) is 20.4. The summed E-state index contributed by atoms with van der Waals surface area (Å²) in [7, 11) is -0.374. The summed E-state index contributed by atoms with van der Waals surface area (Å²) in [5.41, 5.74) is 4.96. The molecule has 35 heavy (non-hydrogen) atoms. The Morgan fingerprint density at radius 2 is 1.17 bits per heavy atom. The van der Waals surface area contributed by atoms with Crippen LogP contribution in [0.3, 0.4) is 0 Å². The van der Waals surface area contributed by atoms with Gasteiger partial charge >= 0.3 is 7.12 Å². The fourth-order valence-corrected chi connectivity index (χ4v) is 4.62. The summed E-state index contributed by atoms with van der Waals surface area (Å²) < 4.78 is 12.4. The number of hydrogen-bond acceptors (Lipinski definition) is 4. The first-order valence-corrected chi connectivity index (χ1v) is 12.0. The SMILES string of the molecule is CC1(C)OB(c2ccc(-c3cccc(-c4nc5ccccc5c5ccccc45)n3)cc2)OC1(C)C. The molecule has 0 unspecified atom stereocenters. The summed E-state index contributed by atoms with van der Waals surface area (Å²) >= 11 is 0. The normalized spacial score (nSPS) is 16.7. The van der Waals surface area contributed by atoms with E-state index in [2.05, 4.69) is 94.4 Å². The Morgan fingerprint density at radius 1 is 0.571 bits per heavy atom. The molecule has 0 atom stereocenters. The Balaban J connectivity index is 1.38. The largest absolute Gasteiger partial charge is 0.494 e. The number of aromatic nitrogens is 2. The molecule has 5 heteroatoms. The van der Waals surface area contributed by atoms with Crippen LogP contribution >= 0.6 is 0 Å². The van der Waals surface area contributed by atoms with Gasteiger partial charge < -0.3 is 9.31 Å². The number of hydrogen-bond donors (Lipinski definition) is 0. The lowest BCUT2D eigenvalue weighted by atomic mass is 9.79.